The Balaban J connectivity index is 1.57. The Kier molecular flexibility index (Phi) is 10.1. The van der Waals surface area contributed by atoms with Crippen LogP contribution < -0.4 is 14.4 Å². The molecule has 0 unspecified atom stereocenters. The molecule has 3 aromatic rings. The second kappa shape index (κ2) is 13.7. The van der Waals surface area contributed by atoms with Crippen LogP contribution in [0.25, 0.3) is 17.1 Å². The Labute approximate surface area is 280 Å². The average molecular weight is 732 g/mol. The van der Waals surface area contributed by atoms with Gasteiger partial charge < -0.3 is 23.8 Å². The van der Waals surface area contributed by atoms with Gasteiger partial charge in [-0.1, -0.05) is 6.08 Å². The molecule has 2 aromatic carbocycles. The minimum Gasteiger partial charge on any atom is -0.748 e. The van der Waals surface area contributed by atoms with E-state index in [4.69, 9.17) is 9.47 Å². The summed E-state index contributed by atoms with van der Waals surface area (Å²) in [6, 6.07) is 5.89. The van der Waals surface area contributed by atoms with Crippen LogP contribution in [0, 0.1) is 5.82 Å². The van der Waals surface area contributed by atoms with E-state index in [0.717, 1.165) is 6.07 Å². The maximum atomic E-state index is 14.6. The van der Waals surface area contributed by atoms with Crippen LogP contribution in [0.3, 0.4) is 0 Å². The van der Waals surface area contributed by atoms with E-state index in [9.17, 15) is 43.7 Å². The van der Waals surface area contributed by atoms with Gasteiger partial charge in [-0.15, -0.1) is 0 Å². The van der Waals surface area contributed by atoms with Crippen molar-refractivity contribution in [2.75, 3.05) is 62.6 Å². The van der Waals surface area contributed by atoms with Crippen LogP contribution in [0.2, 0.25) is 0 Å². The zero-order chi connectivity index (χ0) is 35.9. The highest BCUT2D eigenvalue weighted by atomic mass is 32.2. The van der Waals surface area contributed by atoms with Gasteiger partial charge in [-0.25, -0.2) is 35.2 Å². The molecular formula is C30H33F4N5O8S2. The first-order chi connectivity index (χ1) is 22.9. The molecule has 1 aromatic heterocycles. The lowest BCUT2D eigenvalue weighted by Gasteiger charge is -2.25. The third-order valence-corrected chi connectivity index (χ3v) is 10.9. The zero-order valence-electron chi connectivity index (χ0n) is 26.6. The number of allylic oxidation sites excluding steroid dienone is 2. The van der Waals surface area contributed by atoms with Gasteiger partial charge in [0, 0.05) is 50.6 Å². The predicted octanol–water partition coefficient (Wildman–Crippen LogP) is 2.56. The molecule has 266 valence electrons. The van der Waals surface area contributed by atoms with Crippen LogP contribution in [0.5, 0.6) is 0 Å². The highest BCUT2D eigenvalue weighted by molar-refractivity contribution is 7.89. The van der Waals surface area contributed by atoms with Gasteiger partial charge in [0.15, 0.2) is 17.6 Å². The number of alkyl halides is 3. The molecule has 0 aliphatic carbocycles. The molecule has 0 atom stereocenters. The fraction of sp³-hybridized carbons (Fsp3) is 0.400. The van der Waals surface area contributed by atoms with E-state index in [2.05, 4.69) is 0 Å². The third kappa shape index (κ3) is 7.45. The van der Waals surface area contributed by atoms with Crippen LogP contribution in [-0.4, -0.2) is 89.0 Å². The first-order valence-corrected chi connectivity index (χ1v) is 17.9. The number of carbonyl (C=O) groups is 1. The zero-order valence-corrected chi connectivity index (χ0v) is 28.2. The van der Waals surface area contributed by atoms with Gasteiger partial charge in [0.25, 0.3) is 5.82 Å². The molecule has 0 saturated carbocycles. The Morgan fingerprint density at radius 3 is 2.43 bits per heavy atom. The monoisotopic (exact) mass is 731 g/mol. The summed E-state index contributed by atoms with van der Waals surface area (Å²) in [6.07, 6.45) is -0.645. The minimum absolute atomic E-state index is 0.00954. The number of imidazole rings is 1. The standard InChI is InChI=1S/C30H33F4N5O8S2/c1-35-23-9-8-20(49(44,45)37-11-13-47-14-12-37)16-25(23)39(19-29(40)46-3)28(35)7-4-6-27-36(2)24-18-22(31)21(30(32,33)34)17-26(24)38(27)10-5-15-48(41,42)43/h4,6-9,16-18H,5,10-15,19H2,1-3H3. The van der Waals surface area contributed by atoms with Crippen LogP contribution in [0.1, 0.15) is 17.8 Å². The van der Waals surface area contributed by atoms with Crippen LogP contribution >= 0.6 is 0 Å². The second-order valence-electron chi connectivity index (χ2n) is 11.3. The number of nitrogens with zero attached hydrogens (tertiary/aromatic N) is 5. The first kappa shape index (κ1) is 36.2. The van der Waals surface area contributed by atoms with Crippen molar-refractivity contribution in [1.29, 1.82) is 0 Å². The van der Waals surface area contributed by atoms with Crippen molar-refractivity contribution in [2.24, 2.45) is 7.05 Å². The van der Waals surface area contributed by atoms with E-state index in [1.165, 1.54) is 52.5 Å². The topological polar surface area (TPSA) is 145 Å². The van der Waals surface area contributed by atoms with Crippen LogP contribution in [-0.2, 0) is 54.2 Å². The Morgan fingerprint density at radius 1 is 1.10 bits per heavy atom. The number of carbonyl (C=O) groups excluding carboxylic acids is 1. The van der Waals surface area contributed by atoms with Crippen molar-refractivity contribution in [3.8, 4) is 0 Å². The Hall–Kier alpha value is -4.04. The normalized spacial score (nSPS) is 17.1. The number of hydrogen-bond donors (Lipinski definition) is 0. The number of esters is 1. The summed E-state index contributed by atoms with van der Waals surface area (Å²) in [5.74, 6) is -2.24. The number of morpholine rings is 1. The van der Waals surface area contributed by atoms with Crippen molar-refractivity contribution in [2.45, 2.75) is 24.0 Å². The largest absolute Gasteiger partial charge is 0.748 e. The number of benzene rings is 2. The van der Waals surface area contributed by atoms with Gasteiger partial charge in [0.05, 0.1) is 59.3 Å². The molecule has 3 heterocycles. The summed E-state index contributed by atoms with van der Waals surface area (Å²) in [5, 5.41) is 0. The summed E-state index contributed by atoms with van der Waals surface area (Å²) >= 11 is 0. The van der Waals surface area contributed by atoms with Gasteiger partial charge >= 0.3 is 12.1 Å². The summed E-state index contributed by atoms with van der Waals surface area (Å²) < 4.78 is 131. The number of rotatable bonds is 10. The van der Waals surface area contributed by atoms with Crippen molar-refractivity contribution in [3.05, 3.63) is 65.5 Å². The molecule has 1 fully saturated rings. The molecule has 0 spiro atoms. The molecule has 0 bridgehead atoms. The predicted molar refractivity (Wildman–Crippen MR) is 168 cm³/mol. The molecule has 0 N–H and O–H groups in total. The van der Waals surface area contributed by atoms with E-state index in [1.54, 1.807) is 28.3 Å². The molecule has 19 heteroatoms. The highest BCUT2D eigenvalue weighted by Crippen LogP contribution is 2.45. The lowest BCUT2D eigenvalue weighted by Crippen LogP contribution is -2.40. The summed E-state index contributed by atoms with van der Waals surface area (Å²) in [7, 11) is -4.13. The third-order valence-electron chi connectivity index (χ3n) is 8.25. The van der Waals surface area contributed by atoms with Gasteiger partial charge in [-0.05, 0) is 30.7 Å². The van der Waals surface area contributed by atoms with E-state index in [1.807, 2.05) is 0 Å². The molecular weight excluding hydrogens is 698 g/mol. The first-order valence-electron chi connectivity index (χ1n) is 14.8. The number of hydrogen-bond acceptors (Lipinski definition) is 10. The SMILES string of the molecule is COC(=O)Cn1c(/C=C/C=C2\N(C)c3cc(F)c(C(F)(F)F)cc3N2CCCS(=O)(=O)[O-])[n+](C)c2ccc(S(=O)(=O)N3CCOCC3)cc21. The molecule has 49 heavy (non-hydrogen) atoms. The van der Waals surface area contributed by atoms with Crippen LogP contribution in [0.4, 0.5) is 28.9 Å². The average Bonchev–Trinajstić information content (AvgIpc) is 3.44. The minimum atomic E-state index is -5.00. The molecule has 0 radical (unpaired) electrons. The fourth-order valence-corrected chi connectivity index (χ4v) is 7.74. The second-order valence-corrected chi connectivity index (χ2v) is 14.7. The van der Waals surface area contributed by atoms with Crippen molar-refractivity contribution >= 4 is 54.6 Å². The fourth-order valence-electron chi connectivity index (χ4n) is 5.83. The van der Waals surface area contributed by atoms with Gasteiger partial charge in [0.1, 0.15) is 11.6 Å². The molecule has 5 rings (SSSR count). The lowest BCUT2D eigenvalue weighted by atomic mass is 10.1. The lowest BCUT2D eigenvalue weighted by molar-refractivity contribution is -0.647. The number of ether oxygens (including phenoxy) is 2. The van der Waals surface area contributed by atoms with E-state index in [-0.39, 0.29) is 67.9 Å². The molecule has 2 aliphatic rings. The number of aryl methyl sites for hydroxylation is 1. The number of sulfonamides is 1. The van der Waals surface area contributed by atoms with Crippen molar-refractivity contribution in [1.82, 2.24) is 8.87 Å². The Morgan fingerprint density at radius 2 is 1.80 bits per heavy atom. The van der Waals surface area contributed by atoms with E-state index >= 15 is 0 Å². The molecule has 2 aliphatic heterocycles. The summed E-state index contributed by atoms with van der Waals surface area (Å²) in [5.41, 5.74) is -0.506. The van der Waals surface area contributed by atoms with Gasteiger partial charge in [0.2, 0.25) is 10.0 Å². The molecule has 1 saturated heterocycles. The molecule has 0 amide bonds. The van der Waals surface area contributed by atoms with Gasteiger partial charge in [-0.2, -0.15) is 17.5 Å². The van der Waals surface area contributed by atoms with Crippen molar-refractivity contribution in [3.63, 3.8) is 0 Å². The number of fused-ring (bicyclic) bond motifs is 2. The summed E-state index contributed by atoms with van der Waals surface area (Å²) in [4.78, 5) is 15.3. The van der Waals surface area contributed by atoms with Gasteiger partial charge in [-0.3, -0.25) is 0 Å². The maximum absolute atomic E-state index is 14.6. The summed E-state index contributed by atoms with van der Waals surface area (Å²) in [6.45, 7) is 0.406. The van der Waals surface area contributed by atoms with E-state index in [0.29, 0.717) is 22.9 Å². The Bertz CT molecular complexity index is 2060. The molecule has 13 nitrogen and oxygen atoms in total. The maximum Gasteiger partial charge on any atom is 0.419 e. The van der Waals surface area contributed by atoms with Crippen LogP contribution in [0.15, 0.2) is 53.2 Å². The smallest absolute Gasteiger partial charge is 0.419 e. The number of halogens is 4. The number of anilines is 2. The number of aromatic nitrogens is 2. The quantitative estimate of drug-likeness (QED) is 0.132. The van der Waals surface area contributed by atoms with E-state index < -0.39 is 49.4 Å². The number of methoxy groups -OCH3 is 1. The highest BCUT2D eigenvalue weighted by Gasteiger charge is 2.39. The van der Waals surface area contributed by atoms with Crippen molar-refractivity contribution < 1.29 is 57.8 Å².